The zero-order valence-corrected chi connectivity index (χ0v) is 17.1. The van der Waals surface area contributed by atoms with Crippen LogP contribution in [0.25, 0.3) is 6.08 Å². The number of rotatable bonds is 6. The van der Waals surface area contributed by atoms with E-state index in [4.69, 9.17) is 14.2 Å². The zero-order valence-electron chi connectivity index (χ0n) is 17.1. The van der Waals surface area contributed by atoms with Gasteiger partial charge in [-0.05, 0) is 54.3 Å². The fourth-order valence-electron chi connectivity index (χ4n) is 3.89. The molecule has 6 nitrogen and oxygen atoms in total. The Morgan fingerprint density at radius 2 is 1.94 bits per heavy atom. The van der Waals surface area contributed by atoms with Crippen LogP contribution in [0.5, 0.6) is 23.0 Å². The lowest BCUT2D eigenvalue weighted by Crippen LogP contribution is -2.29. The molecule has 0 radical (unpaired) electrons. The molecule has 164 valence electrons. The van der Waals surface area contributed by atoms with E-state index in [2.05, 4.69) is 4.74 Å². The molecule has 0 bridgehead atoms. The number of benzene rings is 2. The first-order valence-electron chi connectivity index (χ1n) is 10.1. The van der Waals surface area contributed by atoms with Crippen molar-refractivity contribution in [2.45, 2.75) is 25.5 Å². The number of alkyl halides is 2. The highest BCUT2D eigenvalue weighted by atomic mass is 19.3. The molecule has 1 fully saturated rings. The van der Waals surface area contributed by atoms with Gasteiger partial charge in [-0.3, -0.25) is 4.79 Å². The first-order valence-corrected chi connectivity index (χ1v) is 10.1. The third-order valence-electron chi connectivity index (χ3n) is 5.31. The Labute approximate surface area is 179 Å². The van der Waals surface area contributed by atoms with Gasteiger partial charge in [0.1, 0.15) is 13.2 Å². The summed E-state index contributed by atoms with van der Waals surface area (Å²) < 4.78 is 45.7. The largest absolute Gasteiger partial charge is 0.493 e. The molecular weight excluding hydrogens is 408 g/mol. The highest BCUT2D eigenvalue weighted by molar-refractivity contribution is 5.92. The zero-order chi connectivity index (χ0) is 21.8. The summed E-state index contributed by atoms with van der Waals surface area (Å²) in [6, 6.07) is 10.3. The van der Waals surface area contributed by atoms with Crippen molar-refractivity contribution in [2.24, 2.45) is 0 Å². The number of carbonyl (C=O) groups excluding carboxylic acids is 1. The monoisotopic (exact) mass is 431 g/mol. The van der Waals surface area contributed by atoms with Crippen LogP contribution in [0.4, 0.5) is 8.78 Å². The van der Waals surface area contributed by atoms with Gasteiger partial charge in [-0.2, -0.15) is 8.78 Å². The van der Waals surface area contributed by atoms with E-state index in [9.17, 15) is 13.6 Å². The maximum Gasteiger partial charge on any atom is 0.387 e. The molecular formula is C23H23F2NO5. The third-order valence-corrected chi connectivity index (χ3v) is 5.31. The highest BCUT2D eigenvalue weighted by Crippen LogP contribution is 2.38. The van der Waals surface area contributed by atoms with Crippen molar-refractivity contribution in [2.75, 3.05) is 26.9 Å². The molecule has 4 rings (SSSR count). The van der Waals surface area contributed by atoms with Crippen molar-refractivity contribution in [3.05, 3.63) is 53.6 Å². The fraction of sp³-hybridized carbons (Fsp3) is 0.348. The molecule has 2 aromatic rings. The number of hydrogen-bond acceptors (Lipinski definition) is 5. The molecule has 0 N–H and O–H groups in total. The van der Waals surface area contributed by atoms with E-state index in [0.29, 0.717) is 31.1 Å². The molecule has 8 heteroatoms. The van der Waals surface area contributed by atoms with E-state index in [-0.39, 0.29) is 23.4 Å². The smallest absolute Gasteiger partial charge is 0.387 e. The summed E-state index contributed by atoms with van der Waals surface area (Å²) in [6.45, 7) is -1.24. The Kier molecular flexibility index (Phi) is 6.25. The molecule has 2 heterocycles. The second-order valence-corrected chi connectivity index (χ2v) is 7.21. The molecule has 31 heavy (non-hydrogen) atoms. The van der Waals surface area contributed by atoms with Gasteiger partial charge in [-0.1, -0.05) is 12.1 Å². The lowest BCUT2D eigenvalue weighted by Gasteiger charge is -2.26. The van der Waals surface area contributed by atoms with E-state index in [1.165, 1.54) is 19.3 Å². The lowest BCUT2D eigenvalue weighted by atomic mass is 10.0. The van der Waals surface area contributed by atoms with Gasteiger partial charge in [0, 0.05) is 12.6 Å². The number of carbonyl (C=O) groups is 1. The van der Waals surface area contributed by atoms with E-state index in [0.717, 1.165) is 24.2 Å². The Balaban J connectivity index is 1.48. The van der Waals surface area contributed by atoms with E-state index in [1.54, 1.807) is 18.2 Å². The Morgan fingerprint density at radius 1 is 1.13 bits per heavy atom. The highest BCUT2D eigenvalue weighted by Gasteiger charge is 2.29. The number of likely N-dealkylation sites (tertiary alicyclic amines) is 1. The van der Waals surface area contributed by atoms with Crippen LogP contribution < -0.4 is 18.9 Å². The average molecular weight is 431 g/mol. The van der Waals surface area contributed by atoms with Gasteiger partial charge in [0.15, 0.2) is 23.0 Å². The van der Waals surface area contributed by atoms with E-state index < -0.39 is 6.61 Å². The SMILES string of the molecule is COc1cc(/C=C/C(=O)N2CCCC2c2ccc3c(c2)OCCO3)ccc1OC(F)F. The van der Waals surface area contributed by atoms with Gasteiger partial charge < -0.3 is 23.8 Å². The van der Waals surface area contributed by atoms with Crippen molar-refractivity contribution in [1.29, 1.82) is 0 Å². The van der Waals surface area contributed by atoms with Crippen molar-refractivity contribution in [3.8, 4) is 23.0 Å². The van der Waals surface area contributed by atoms with Crippen molar-refractivity contribution in [3.63, 3.8) is 0 Å². The quantitative estimate of drug-likeness (QED) is 0.633. The van der Waals surface area contributed by atoms with Crippen molar-refractivity contribution >= 4 is 12.0 Å². The van der Waals surface area contributed by atoms with Gasteiger partial charge in [-0.15, -0.1) is 0 Å². The van der Waals surface area contributed by atoms with Gasteiger partial charge in [-0.25, -0.2) is 0 Å². The summed E-state index contributed by atoms with van der Waals surface area (Å²) in [6.07, 6.45) is 4.90. The third kappa shape index (κ3) is 4.73. The van der Waals surface area contributed by atoms with E-state index in [1.807, 2.05) is 23.1 Å². The van der Waals surface area contributed by atoms with Gasteiger partial charge in [0.05, 0.1) is 13.2 Å². The molecule has 0 spiro atoms. The maximum absolute atomic E-state index is 12.9. The molecule has 2 aliphatic heterocycles. The normalized spacial score (nSPS) is 17.9. The van der Waals surface area contributed by atoms with Crippen molar-refractivity contribution in [1.82, 2.24) is 4.90 Å². The molecule has 1 saturated heterocycles. The van der Waals surface area contributed by atoms with Crippen LogP contribution in [0, 0.1) is 0 Å². The second-order valence-electron chi connectivity index (χ2n) is 7.21. The van der Waals surface area contributed by atoms with Crippen LogP contribution >= 0.6 is 0 Å². The van der Waals surface area contributed by atoms with Gasteiger partial charge in [0.2, 0.25) is 5.91 Å². The van der Waals surface area contributed by atoms with Crippen LogP contribution in [0.2, 0.25) is 0 Å². The average Bonchev–Trinajstić information content (AvgIpc) is 3.27. The maximum atomic E-state index is 12.9. The summed E-state index contributed by atoms with van der Waals surface area (Å²) >= 11 is 0. The predicted molar refractivity (Wildman–Crippen MR) is 110 cm³/mol. The standard InChI is InChI=1S/C23H23F2NO5/c1-28-20-13-15(4-7-19(20)31-23(24)25)5-9-22(27)26-10-2-3-17(26)16-6-8-18-21(14-16)30-12-11-29-18/h4-9,13-14,17,23H,2-3,10-12H2,1H3/b9-5+. The second kappa shape index (κ2) is 9.24. The number of ether oxygens (including phenoxy) is 4. The molecule has 1 amide bonds. The van der Waals surface area contributed by atoms with Crippen LogP contribution in [0.3, 0.4) is 0 Å². The number of methoxy groups -OCH3 is 1. The summed E-state index contributed by atoms with van der Waals surface area (Å²) in [7, 11) is 1.37. The summed E-state index contributed by atoms with van der Waals surface area (Å²) in [5.41, 5.74) is 1.65. The number of hydrogen-bond donors (Lipinski definition) is 0. The number of halogens is 2. The van der Waals surface area contributed by atoms with Crippen LogP contribution in [-0.2, 0) is 4.79 Å². The van der Waals surface area contributed by atoms with Crippen LogP contribution in [-0.4, -0.2) is 44.3 Å². The molecule has 0 aromatic heterocycles. The molecule has 0 aliphatic carbocycles. The number of fused-ring (bicyclic) bond motifs is 1. The summed E-state index contributed by atoms with van der Waals surface area (Å²) in [4.78, 5) is 14.7. The number of amides is 1. The van der Waals surface area contributed by atoms with Crippen LogP contribution in [0.1, 0.15) is 30.0 Å². The Morgan fingerprint density at radius 3 is 2.71 bits per heavy atom. The minimum absolute atomic E-state index is 0.0377. The Bertz CT molecular complexity index is 978. The summed E-state index contributed by atoms with van der Waals surface area (Å²) in [5, 5.41) is 0. The fourth-order valence-corrected chi connectivity index (χ4v) is 3.89. The molecule has 2 aliphatic rings. The first kappa shape index (κ1) is 21.0. The number of nitrogens with zero attached hydrogens (tertiary/aromatic N) is 1. The lowest BCUT2D eigenvalue weighted by molar-refractivity contribution is -0.126. The summed E-state index contributed by atoms with van der Waals surface area (Å²) in [5.74, 6) is 1.42. The minimum atomic E-state index is -2.94. The topological polar surface area (TPSA) is 57.2 Å². The van der Waals surface area contributed by atoms with Crippen LogP contribution in [0.15, 0.2) is 42.5 Å². The molecule has 0 saturated carbocycles. The predicted octanol–water partition coefficient (Wildman–Crippen LogP) is 4.44. The molecule has 1 unspecified atom stereocenters. The molecule has 1 atom stereocenters. The first-order chi connectivity index (χ1) is 15.0. The minimum Gasteiger partial charge on any atom is -0.493 e. The van der Waals surface area contributed by atoms with Crippen molar-refractivity contribution < 1.29 is 32.5 Å². The van der Waals surface area contributed by atoms with Gasteiger partial charge >= 0.3 is 6.61 Å². The Hall–Kier alpha value is -3.29. The van der Waals surface area contributed by atoms with Gasteiger partial charge in [0.25, 0.3) is 0 Å². The van der Waals surface area contributed by atoms with E-state index >= 15 is 0 Å². The molecule has 2 aromatic carbocycles.